The molecule has 0 unspecified atom stereocenters. The summed E-state index contributed by atoms with van der Waals surface area (Å²) in [7, 11) is 0. The second-order valence-corrected chi connectivity index (χ2v) is 4.22. The van der Waals surface area contributed by atoms with Crippen molar-refractivity contribution in [3.8, 4) is 0 Å². The Balaban J connectivity index is 2.01. The molecule has 1 heterocycles. The topological polar surface area (TPSA) is 91.6 Å². The minimum Gasteiger partial charge on any atom is -0.478 e. The highest BCUT2D eigenvalue weighted by molar-refractivity contribution is 5.95. The lowest BCUT2D eigenvalue weighted by atomic mass is 10.1. The largest absolute Gasteiger partial charge is 0.478 e. The van der Waals surface area contributed by atoms with Crippen molar-refractivity contribution in [2.45, 2.75) is 13.5 Å². The number of carboxylic acids is 1. The molecule has 2 rings (SSSR count). The molecule has 0 saturated heterocycles. The Hall–Kier alpha value is -2.76. The highest BCUT2D eigenvalue weighted by Gasteiger charge is 2.11. The molecule has 0 fully saturated rings. The third-order valence-electron chi connectivity index (χ3n) is 2.85. The lowest BCUT2D eigenvalue weighted by Gasteiger charge is -2.11. The van der Waals surface area contributed by atoms with Crippen LogP contribution in [-0.4, -0.2) is 17.1 Å². The quantitative estimate of drug-likeness (QED) is 0.799. The fourth-order valence-corrected chi connectivity index (χ4v) is 1.74. The van der Waals surface area contributed by atoms with E-state index < -0.39 is 12.0 Å². The molecule has 0 saturated carbocycles. The van der Waals surface area contributed by atoms with E-state index in [1.165, 1.54) is 18.6 Å². The summed E-state index contributed by atoms with van der Waals surface area (Å²) in [5.74, 6) is -1.02. The molecule has 104 valence electrons. The lowest BCUT2D eigenvalue weighted by molar-refractivity contribution is 0.0696. The van der Waals surface area contributed by atoms with Gasteiger partial charge in [0, 0.05) is 17.8 Å². The molecule has 0 bridgehead atoms. The zero-order valence-corrected chi connectivity index (χ0v) is 10.8. The van der Waals surface area contributed by atoms with Crippen molar-refractivity contribution in [3.63, 3.8) is 0 Å². The maximum Gasteiger partial charge on any atom is 0.336 e. The number of furan rings is 1. The molecule has 0 aliphatic rings. The number of carboxylic acid groups (broad SMARTS) is 1. The molecular weight excluding hydrogens is 260 g/mol. The van der Waals surface area contributed by atoms with Gasteiger partial charge in [0.15, 0.2) is 0 Å². The smallest absolute Gasteiger partial charge is 0.336 e. The molecule has 0 aliphatic heterocycles. The van der Waals surface area contributed by atoms with Crippen LogP contribution in [-0.2, 0) is 6.54 Å². The van der Waals surface area contributed by atoms with E-state index in [2.05, 4.69) is 10.6 Å². The third kappa shape index (κ3) is 3.17. The molecule has 1 aromatic carbocycles. The molecule has 0 aliphatic carbocycles. The van der Waals surface area contributed by atoms with Crippen LogP contribution in [0.4, 0.5) is 10.5 Å². The van der Waals surface area contributed by atoms with E-state index >= 15 is 0 Å². The van der Waals surface area contributed by atoms with Crippen molar-refractivity contribution < 1.29 is 19.1 Å². The maximum atomic E-state index is 11.7. The first-order valence-electron chi connectivity index (χ1n) is 5.97. The summed E-state index contributed by atoms with van der Waals surface area (Å²) in [6.45, 7) is 1.98. The van der Waals surface area contributed by atoms with Gasteiger partial charge in [0.1, 0.15) is 0 Å². The number of benzene rings is 1. The Bertz CT molecular complexity index is 620. The van der Waals surface area contributed by atoms with E-state index in [0.29, 0.717) is 17.8 Å². The van der Waals surface area contributed by atoms with E-state index in [4.69, 9.17) is 9.52 Å². The summed E-state index contributed by atoms with van der Waals surface area (Å²) in [5, 5.41) is 14.3. The minimum absolute atomic E-state index is 0.164. The molecular formula is C14H14N2O4. The summed E-state index contributed by atoms with van der Waals surface area (Å²) < 4.78 is 4.89. The fraction of sp³-hybridized carbons (Fsp3) is 0.143. The van der Waals surface area contributed by atoms with Gasteiger partial charge in [0.25, 0.3) is 0 Å². The number of hydrogen-bond acceptors (Lipinski definition) is 3. The van der Waals surface area contributed by atoms with Gasteiger partial charge in [-0.3, -0.25) is 0 Å². The molecule has 2 amide bonds. The Kier molecular flexibility index (Phi) is 4.05. The first-order valence-corrected chi connectivity index (χ1v) is 5.97. The fourth-order valence-electron chi connectivity index (χ4n) is 1.74. The van der Waals surface area contributed by atoms with Gasteiger partial charge in [-0.2, -0.15) is 0 Å². The molecule has 20 heavy (non-hydrogen) atoms. The van der Waals surface area contributed by atoms with Crippen LogP contribution >= 0.6 is 0 Å². The lowest BCUT2D eigenvalue weighted by Crippen LogP contribution is -2.28. The number of nitrogens with one attached hydrogen (secondary N) is 2. The Morgan fingerprint density at radius 1 is 1.30 bits per heavy atom. The van der Waals surface area contributed by atoms with E-state index in [0.717, 1.165) is 5.56 Å². The van der Waals surface area contributed by atoms with Crippen molar-refractivity contribution in [2.24, 2.45) is 0 Å². The molecule has 0 spiro atoms. The Morgan fingerprint density at radius 2 is 2.10 bits per heavy atom. The SMILES string of the molecule is Cc1c(NC(=O)NCc2ccoc2)cccc1C(=O)O. The second-order valence-electron chi connectivity index (χ2n) is 4.22. The van der Waals surface area contributed by atoms with Crippen molar-refractivity contribution in [1.29, 1.82) is 0 Å². The molecule has 3 N–H and O–H groups in total. The van der Waals surface area contributed by atoms with Gasteiger partial charge in [0.2, 0.25) is 0 Å². The van der Waals surface area contributed by atoms with Crippen molar-refractivity contribution in [3.05, 3.63) is 53.5 Å². The van der Waals surface area contributed by atoms with Gasteiger partial charge in [-0.15, -0.1) is 0 Å². The van der Waals surface area contributed by atoms with E-state index in [1.807, 2.05) is 0 Å². The number of aromatic carboxylic acids is 1. The zero-order chi connectivity index (χ0) is 14.5. The van der Waals surface area contributed by atoms with Crippen LogP contribution in [0.25, 0.3) is 0 Å². The number of anilines is 1. The van der Waals surface area contributed by atoms with Crippen LogP contribution in [0, 0.1) is 6.92 Å². The first-order chi connectivity index (χ1) is 9.58. The summed E-state index contributed by atoms with van der Waals surface area (Å²) in [6, 6.07) is 6.07. The molecule has 6 nitrogen and oxygen atoms in total. The van der Waals surface area contributed by atoms with E-state index in [9.17, 15) is 9.59 Å². The molecule has 0 atom stereocenters. The van der Waals surface area contributed by atoms with Crippen molar-refractivity contribution in [1.82, 2.24) is 5.32 Å². The van der Waals surface area contributed by atoms with Crippen LogP contribution in [0.15, 0.2) is 41.2 Å². The maximum absolute atomic E-state index is 11.7. The number of carbonyl (C=O) groups is 2. The Labute approximate surface area is 115 Å². The number of hydrogen-bond donors (Lipinski definition) is 3. The van der Waals surface area contributed by atoms with Gasteiger partial charge in [0.05, 0.1) is 18.1 Å². The van der Waals surface area contributed by atoms with Crippen LogP contribution in [0.1, 0.15) is 21.5 Å². The zero-order valence-electron chi connectivity index (χ0n) is 10.8. The minimum atomic E-state index is -1.02. The highest BCUT2D eigenvalue weighted by Crippen LogP contribution is 2.18. The van der Waals surface area contributed by atoms with Gasteiger partial charge < -0.3 is 20.2 Å². The molecule has 1 aromatic heterocycles. The monoisotopic (exact) mass is 274 g/mol. The average molecular weight is 274 g/mol. The normalized spacial score (nSPS) is 10.1. The second kappa shape index (κ2) is 5.92. The highest BCUT2D eigenvalue weighted by atomic mass is 16.4. The van der Waals surface area contributed by atoms with Crippen molar-refractivity contribution in [2.75, 3.05) is 5.32 Å². The summed E-state index contributed by atoms with van der Waals surface area (Å²) >= 11 is 0. The number of urea groups is 1. The van der Waals surface area contributed by atoms with Gasteiger partial charge in [-0.25, -0.2) is 9.59 Å². The van der Waals surface area contributed by atoms with Crippen molar-refractivity contribution >= 4 is 17.7 Å². The van der Waals surface area contributed by atoms with Crippen LogP contribution in [0.3, 0.4) is 0 Å². The summed E-state index contributed by atoms with van der Waals surface area (Å²) in [4.78, 5) is 22.7. The van der Waals surface area contributed by atoms with Gasteiger partial charge in [-0.05, 0) is 30.7 Å². The molecule has 2 aromatic rings. The summed E-state index contributed by atoms with van der Waals surface area (Å²) in [6.07, 6.45) is 3.06. The standard InChI is InChI=1S/C14H14N2O4/c1-9-11(13(17)18)3-2-4-12(9)16-14(19)15-7-10-5-6-20-8-10/h2-6,8H,7H2,1H3,(H,17,18)(H2,15,16,19). The summed E-state index contributed by atoms with van der Waals surface area (Å²) in [5.41, 5.74) is 1.99. The number of rotatable bonds is 4. The van der Waals surface area contributed by atoms with Gasteiger partial charge in [-0.1, -0.05) is 6.07 Å². The predicted molar refractivity (Wildman–Crippen MR) is 72.7 cm³/mol. The van der Waals surface area contributed by atoms with Crippen LogP contribution in [0.5, 0.6) is 0 Å². The number of amides is 2. The van der Waals surface area contributed by atoms with E-state index in [-0.39, 0.29) is 5.56 Å². The predicted octanol–water partition coefficient (Wildman–Crippen LogP) is 2.61. The van der Waals surface area contributed by atoms with Crippen LogP contribution in [0.2, 0.25) is 0 Å². The molecule has 6 heteroatoms. The first kappa shape index (κ1) is 13.7. The van der Waals surface area contributed by atoms with Crippen LogP contribution < -0.4 is 10.6 Å². The Morgan fingerprint density at radius 3 is 2.75 bits per heavy atom. The average Bonchev–Trinajstić information content (AvgIpc) is 2.91. The van der Waals surface area contributed by atoms with Gasteiger partial charge >= 0.3 is 12.0 Å². The van der Waals surface area contributed by atoms with E-state index in [1.54, 1.807) is 25.1 Å². The molecule has 0 radical (unpaired) electrons. The third-order valence-corrected chi connectivity index (χ3v) is 2.85. The number of carbonyl (C=O) groups excluding carboxylic acids is 1.